The van der Waals surface area contributed by atoms with Crippen molar-refractivity contribution in [2.75, 3.05) is 37.4 Å². The first-order valence-electron chi connectivity index (χ1n) is 5.84. The number of hydrogen-bond donors (Lipinski definition) is 1. The summed E-state index contributed by atoms with van der Waals surface area (Å²) < 4.78 is 5.13. The Kier molecular flexibility index (Phi) is 3.64. The van der Waals surface area contributed by atoms with Gasteiger partial charge in [-0.1, -0.05) is 6.08 Å². The predicted molar refractivity (Wildman–Crippen MR) is 70.2 cm³/mol. The Labute approximate surface area is 102 Å². The normalized spacial score (nSPS) is 15.9. The van der Waals surface area contributed by atoms with Gasteiger partial charge in [0.2, 0.25) is 0 Å². The van der Waals surface area contributed by atoms with Crippen LogP contribution in [0.2, 0.25) is 0 Å². The van der Waals surface area contributed by atoms with E-state index in [-0.39, 0.29) is 0 Å². The highest BCUT2D eigenvalue weighted by Gasteiger charge is 2.15. The van der Waals surface area contributed by atoms with Crippen molar-refractivity contribution in [2.45, 2.75) is 13.3 Å². The summed E-state index contributed by atoms with van der Waals surface area (Å²) in [4.78, 5) is 6.62. The second kappa shape index (κ2) is 5.19. The summed E-state index contributed by atoms with van der Waals surface area (Å²) in [7, 11) is 1.73. The van der Waals surface area contributed by atoms with Gasteiger partial charge in [0.1, 0.15) is 0 Å². The Morgan fingerprint density at radius 1 is 1.53 bits per heavy atom. The smallest absolute Gasteiger partial charge is 0.152 e. The second-order valence-corrected chi connectivity index (χ2v) is 4.42. The minimum absolute atomic E-state index is 0.727. The van der Waals surface area contributed by atoms with E-state index in [1.165, 1.54) is 5.57 Å². The first-order chi connectivity index (χ1) is 8.20. The standard InChI is InChI=1S/C13H19N3O/c1-10-7-12(14)13(15-8-10)16-5-3-11(4-6-16)9-17-2/h3,7-8H,4-6,9,14H2,1-2H3. The molecule has 0 aromatic carbocycles. The fraction of sp³-hybridized carbons (Fsp3) is 0.462. The predicted octanol–water partition coefficient (Wildman–Crippen LogP) is 1.76. The highest BCUT2D eigenvalue weighted by molar-refractivity contribution is 5.64. The van der Waals surface area contributed by atoms with Gasteiger partial charge in [0, 0.05) is 26.4 Å². The van der Waals surface area contributed by atoms with Gasteiger partial charge in [-0.15, -0.1) is 0 Å². The number of rotatable bonds is 3. The molecule has 0 spiro atoms. The van der Waals surface area contributed by atoms with Crippen LogP contribution in [0.1, 0.15) is 12.0 Å². The van der Waals surface area contributed by atoms with Crippen LogP contribution in [0.5, 0.6) is 0 Å². The minimum atomic E-state index is 0.727. The average molecular weight is 233 g/mol. The van der Waals surface area contributed by atoms with Gasteiger partial charge in [-0.05, 0) is 30.5 Å². The number of methoxy groups -OCH3 is 1. The SMILES string of the molecule is COCC1=CCN(c2ncc(C)cc2N)CC1. The van der Waals surface area contributed by atoms with Gasteiger partial charge >= 0.3 is 0 Å². The van der Waals surface area contributed by atoms with Crippen molar-refractivity contribution in [3.63, 3.8) is 0 Å². The highest BCUT2D eigenvalue weighted by atomic mass is 16.5. The lowest BCUT2D eigenvalue weighted by Crippen LogP contribution is -2.30. The fourth-order valence-corrected chi connectivity index (χ4v) is 2.07. The Hall–Kier alpha value is -1.55. The molecule has 0 saturated carbocycles. The summed E-state index contributed by atoms with van der Waals surface area (Å²) in [6, 6.07) is 1.97. The molecule has 2 rings (SSSR count). The molecule has 0 bridgehead atoms. The number of hydrogen-bond acceptors (Lipinski definition) is 4. The topological polar surface area (TPSA) is 51.4 Å². The van der Waals surface area contributed by atoms with E-state index in [1.54, 1.807) is 7.11 Å². The van der Waals surface area contributed by atoms with Crippen LogP contribution in [0.3, 0.4) is 0 Å². The third-order valence-corrected chi connectivity index (χ3v) is 2.96. The molecule has 1 aromatic heterocycles. The maximum atomic E-state index is 6.00. The molecule has 0 fully saturated rings. The Morgan fingerprint density at radius 3 is 2.94 bits per heavy atom. The van der Waals surface area contributed by atoms with E-state index in [9.17, 15) is 0 Å². The highest BCUT2D eigenvalue weighted by Crippen LogP contribution is 2.24. The molecule has 0 saturated heterocycles. The van der Waals surface area contributed by atoms with Gasteiger partial charge in [0.05, 0.1) is 12.3 Å². The van der Waals surface area contributed by atoms with E-state index in [0.29, 0.717) is 0 Å². The van der Waals surface area contributed by atoms with Gasteiger partial charge in [0.15, 0.2) is 5.82 Å². The third kappa shape index (κ3) is 2.77. The summed E-state index contributed by atoms with van der Waals surface area (Å²) in [5, 5.41) is 0. The second-order valence-electron chi connectivity index (χ2n) is 4.42. The van der Waals surface area contributed by atoms with Gasteiger partial charge < -0.3 is 15.4 Å². The molecule has 0 amide bonds. The van der Waals surface area contributed by atoms with Crippen molar-refractivity contribution < 1.29 is 4.74 Å². The molecular formula is C13H19N3O. The number of nitrogens with zero attached hydrogens (tertiary/aromatic N) is 2. The molecule has 4 heteroatoms. The van der Waals surface area contributed by atoms with Crippen molar-refractivity contribution >= 4 is 11.5 Å². The van der Waals surface area contributed by atoms with Crippen LogP contribution in [0.25, 0.3) is 0 Å². The zero-order chi connectivity index (χ0) is 12.3. The Bertz CT molecular complexity index is 429. The Balaban J connectivity index is 2.10. The van der Waals surface area contributed by atoms with Gasteiger partial charge in [-0.2, -0.15) is 0 Å². The maximum absolute atomic E-state index is 6.00. The first-order valence-corrected chi connectivity index (χ1v) is 5.84. The molecule has 1 aliphatic heterocycles. The number of nitrogens with two attached hydrogens (primary N) is 1. The quantitative estimate of drug-likeness (QED) is 0.808. The van der Waals surface area contributed by atoms with Crippen molar-refractivity contribution in [2.24, 2.45) is 0 Å². The lowest BCUT2D eigenvalue weighted by Gasteiger charge is -2.28. The molecule has 17 heavy (non-hydrogen) atoms. The lowest BCUT2D eigenvalue weighted by atomic mass is 10.1. The van der Waals surface area contributed by atoms with Crippen LogP contribution >= 0.6 is 0 Å². The van der Waals surface area contributed by atoms with E-state index < -0.39 is 0 Å². The molecule has 2 N–H and O–H groups in total. The molecule has 2 heterocycles. The van der Waals surface area contributed by atoms with Crippen molar-refractivity contribution in [3.8, 4) is 0 Å². The van der Waals surface area contributed by atoms with Crippen molar-refractivity contribution in [1.82, 2.24) is 4.98 Å². The summed E-state index contributed by atoms with van der Waals surface area (Å²) in [5.74, 6) is 0.892. The monoisotopic (exact) mass is 233 g/mol. The van der Waals surface area contributed by atoms with Gasteiger partial charge in [-0.3, -0.25) is 0 Å². The first kappa shape index (κ1) is 11.9. The Morgan fingerprint density at radius 2 is 2.35 bits per heavy atom. The number of nitrogen functional groups attached to an aromatic ring is 1. The van der Waals surface area contributed by atoms with Crippen LogP contribution in [-0.4, -0.2) is 31.8 Å². The molecule has 1 aliphatic rings. The molecule has 92 valence electrons. The zero-order valence-corrected chi connectivity index (χ0v) is 10.4. The third-order valence-electron chi connectivity index (χ3n) is 2.96. The van der Waals surface area contributed by atoms with Crippen LogP contribution in [0.4, 0.5) is 11.5 Å². The van der Waals surface area contributed by atoms with E-state index in [1.807, 2.05) is 19.2 Å². The number of aryl methyl sites for hydroxylation is 1. The number of ether oxygens (including phenoxy) is 1. The van der Waals surface area contributed by atoms with Crippen molar-refractivity contribution in [3.05, 3.63) is 29.5 Å². The van der Waals surface area contributed by atoms with E-state index >= 15 is 0 Å². The molecule has 4 nitrogen and oxygen atoms in total. The minimum Gasteiger partial charge on any atom is -0.396 e. The van der Waals surface area contributed by atoms with Crippen LogP contribution in [0.15, 0.2) is 23.9 Å². The average Bonchev–Trinajstić information content (AvgIpc) is 2.31. The fourth-order valence-electron chi connectivity index (χ4n) is 2.07. The van der Waals surface area contributed by atoms with E-state index in [2.05, 4.69) is 16.0 Å². The summed E-state index contributed by atoms with van der Waals surface area (Å²) in [6.07, 6.45) is 5.08. The van der Waals surface area contributed by atoms with Gasteiger partial charge in [0.25, 0.3) is 0 Å². The van der Waals surface area contributed by atoms with Gasteiger partial charge in [-0.25, -0.2) is 4.98 Å². The van der Waals surface area contributed by atoms with E-state index in [4.69, 9.17) is 10.5 Å². The largest absolute Gasteiger partial charge is 0.396 e. The molecule has 0 aliphatic carbocycles. The molecule has 0 unspecified atom stereocenters. The summed E-state index contributed by atoms with van der Waals surface area (Å²) in [6.45, 7) is 4.54. The molecular weight excluding hydrogens is 214 g/mol. The van der Waals surface area contributed by atoms with E-state index in [0.717, 1.165) is 43.2 Å². The summed E-state index contributed by atoms with van der Waals surface area (Å²) in [5.41, 5.74) is 9.21. The van der Waals surface area contributed by atoms with Crippen LogP contribution < -0.4 is 10.6 Å². The lowest BCUT2D eigenvalue weighted by molar-refractivity contribution is 0.222. The molecule has 1 aromatic rings. The number of pyridine rings is 1. The van der Waals surface area contributed by atoms with Crippen molar-refractivity contribution in [1.29, 1.82) is 0 Å². The number of anilines is 2. The molecule has 0 atom stereocenters. The number of aromatic nitrogens is 1. The van der Waals surface area contributed by atoms with Crippen LogP contribution in [0, 0.1) is 6.92 Å². The maximum Gasteiger partial charge on any atom is 0.152 e. The molecule has 0 radical (unpaired) electrons. The summed E-state index contributed by atoms with van der Waals surface area (Å²) >= 11 is 0. The van der Waals surface area contributed by atoms with Crippen LogP contribution in [-0.2, 0) is 4.74 Å². The zero-order valence-electron chi connectivity index (χ0n) is 10.4.